The Morgan fingerprint density at radius 3 is 1.91 bits per heavy atom. The van der Waals surface area contributed by atoms with Gasteiger partial charge < -0.3 is 0 Å². The fourth-order valence-electron chi connectivity index (χ4n) is 8.20. The average Bonchev–Trinajstić information content (AvgIpc) is 3.27. The van der Waals surface area contributed by atoms with Gasteiger partial charge in [-0.2, -0.15) is 0 Å². The third kappa shape index (κ3) is 3.91. The Morgan fingerprint density at radius 2 is 1.16 bits per heavy atom. The van der Waals surface area contributed by atoms with E-state index in [1.165, 1.54) is 93.5 Å². The van der Waals surface area contributed by atoms with Crippen molar-refractivity contribution in [2.24, 2.45) is 0 Å². The van der Waals surface area contributed by atoms with E-state index in [0.29, 0.717) is 0 Å². The van der Waals surface area contributed by atoms with E-state index in [-0.39, 0.29) is 10.8 Å². The molecule has 2 aliphatic carbocycles. The standard InChI is InChI=1S/C45H38/c1-44(2,3)35-23-33-13-11-28-14-18-36(39-21-17-34(24-35)42(33)43(28)39)32-16-20-38-37-19-15-31(25-40(37)45(4,5)41(38)26-32)30-12-10-27-8-6-7-9-29(27)22-30/h6,8,10-26H,7,9H2,1-5H3. The lowest BCUT2D eigenvalue weighted by Crippen LogP contribution is -2.15. The molecule has 0 heterocycles. The highest BCUT2D eigenvalue weighted by Gasteiger charge is 2.36. The van der Waals surface area contributed by atoms with Crippen LogP contribution in [0.5, 0.6) is 0 Å². The van der Waals surface area contributed by atoms with Crippen LogP contribution < -0.4 is 0 Å². The van der Waals surface area contributed by atoms with Crippen LogP contribution in [-0.4, -0.2) is 0 Å². The lowest BCUT2D eigenvalue weighted by molar-refractivity contribution is 0.591. The van der Waals surface area contributed by atoms with E-state index in [4.69, 9.17) is 0 Å². The molecule has 0 saturated heterocycles. The number of hydrogen-bond donors (Lipinski definition) is 0. The Morgan fingerprint density at radius 1 is 0.556 bits per heavy atom. The van der Waals surface area contributed by atoms with Crippen LogP contribution in [0, 0.1) is 0 Å². The average molecular weight is 579 g/mol. The number of fused-ring (bicyclic) bond motifs is 4. The van der Waals surface area contributed by atoms with Crippen molar-refractivity contribution in [3.8, 4) is 33.4 Å². The Hall–Kier alpha value is -4.68. The second-order valence-corrected chi connectivity index (χ2v) is 14.9. The zero-order chi connectivity index (χ0) is 30.7. The first-order chi connectivity index (χ1) is 21.7. The van der Waals surface area contributed by atoms with Crippen LogP contribution in [0.2, 0.25) is 0 Å². The maximum Gasteiger partial charge on any atom is 0.0159 e. The van der Waals surface area contributed by atoms with Crippen molar-refractivity contribution in [3.05, 3.63) is 137 Å². The Balaban J connectivity index is 1.16. The Bertz CT molecular complexity index is 2350. The summed E-state index contributed by atoms with van der Waals surface area (Å²) >= 11 is 0. The predicted molar refractivity (Wildman–Crippen MR) is 195 cm³/mol. The molecule has 0 bridgehead atoms. The van der Waals surface area contributed by atoms with Gasteiger partial charge in [0.05, 0.1) is 0 Å². The smallest absolute Gasteiger partial charge is 0.0159 e. The molecule has 2 aliphatic rings. The quantitative estimate of drug-likeness (QED) is 0.179. The first-order valence-electron chi connectivity index (χ1n) is 16.5. The van der Waals surface area contributed by atoms with Gasteiger partial charge in [-0.25, -0.2) is 0 Å². The largest absolute Gasteiger partial charge is 0.0836 e. The van der Waals surface area contributed by atoms with Gasteiger partial charge in [0, 0.05) is 5.41 Å². The fourth-order valence-corrected chi connectivity index (χ4v) is 8.20. The van der Waals surface area contributed by atoms with E-state index >= 15 is 0 Å². The molecule has 0 N–H and O–H groups in total. The van der Waals surface area contributed by atoms with Crippen LogP contribution in [0.4, 0.5) is 0 Å². The SMILES string of the molecule is CC(C)(C)c1cc2ccc3ccc(-c4ccc5c(c4)C(C)(C)c4cc(-c6ccc7c(c6)CCC=C7)ccc4-5)c4ccc(c1)c2c34. The highest BCUT2D eigenvalue weighted by molar-refractivity contribution is 6.25. The second-order valence-electron chi connectivity index (χ2n) is 14.9. The lowest BCUT2D eigenvalue weighted by atomic mass is 9.80. The summed E-state index contributed by atoms with van der Waals surface area (Å²) in [6, 6.07) is 40.1. The summed E-state index contributed by atoms with van der Waals surface area (Å²) in [6.07, 6.45) is 6.82. The molecule has 218 valence electrons. The van der Waals surface area contributed by atoms with Crippen molar-refractivity contribution in [2.45, 2.75) is 58.3 Å². The van der Waals surface area contributed by atoms with Crippen LogP contribution in [0.25, 0.3) is 71.8 Å². The summed E-state index contributed by atoms with van der Waals surface area (Å²) in [6.45, 7) is 11.7. The van der Waals surface area contributed by atoms with Crippen molar-refractivity contribution in [1.82, 2.24) is 0 Å². The summed E-state index contributed by atoms with van der Waals surface area (Å²) in [4.78, 5) is 0. The summed E-state index contributed by atoms with van der Waals surface area (Å²) < 4.78 is 0. The Kier molecular flexibility index (Phi) is 5.44. The van der Waals surface area contributed by atoms with Gasteiger partial charge in [0.1, 0.15) is 0 Å². The number of aryl methyl sites for hydroxylation is 1. The van der Waals surface area contributed by atoms with Gasteiger partial charge >= 0.3 is 0 Å². The molecule has 7 aromatic rings. The molecule has 0 unspecified atom stereocenters. The monoisotopic (exact) mass is 578 g/mol. The minimum Gasteiger partial charge on any atom is -0.0836 e. The van der Waals surface area contributed by atoms with Crippen molar-refractivity contribution < 1.29 is 0 Å². The van der Waals surface area contributed by atoms with Crippen LogP contribution in [-0.2, 0) is 17.3 Å². The Labute approximate surface area is 266 Å². The zero-order valence-corrected chi connectivity index (χ0v) is 26.9. The van der Waals surface area contributed by atoms with E-state index in [0.717, 1.165) is 12.8 Å². The van der Waals surface area contributed by atoms with Crippen molar-refractivity contribution >= 4 is 38.4 Å². The third-order valence-corrected chi connectivity index (χ3v) is 10.8. The zero-order valence-electron chi connectivity index (χ0n) is 26.9. The molecular weight excluding hydrogens is 540 g/mol. The van der Waals surface area contributed by atoms with E-state index in [9.17, 15) is 0 Å². The van der Waals surface area contributed by atoms with Crippen LogP contribution in [0.15, 0.2) is 109 Å². The number of allylic oxidation sites excluding steroid dienone is 1. The molecule has 0 nitrogen and oxygen atoms in total. The molecule has 0 atom stereocenters. The number of benzene rings is 7. The van der Waals surface area contributed by atoms with E-state index in [1.54, 1.807) is 0 Å². The molecule has 7 aromatic carbocycles. The molecule has 0 aliphatic heterocycles. The van der Waals surface area contributed by atoms with Gasteiger partial charge in [-0.05, 0) is 124 Å². The van der Waals surface area contributed by atoms with Gasteiger partial charge in [-0.1, -0.05) is 138 Å². The normalized spacial score (nSPS) is 15.1. The highest BCUT2D eigenvalue weighted by atomic mass is 14.4. The van der Waals surface area contributed by atoms with Crippen molar-refractivity contribution in [2.75, 3.05) is 0 Å². The maximum atomic E-state index is 2.48. The second kappa shape index (κ2) is 9.18. The minimum atomic E-state index is -0.0826. The van der Waals surface area contributed by atoms with Gasteiger partial charge in [-0.3, -0.25) is 0 Å². The van der Waals surface area contributed by atoms with Gasteiger partial charge in [0.25, 0.3) is 0 Å². The van der Waals surface area contributed by atoms with Gasteiger partial charge in [0.15, 0.2) is 0 Å². The molecule has 0 aromatic heterocycles. The van der Waals surface area contributed by atoms with Crippen LogP contribution in [0.3, 0.4) is 0 Å². The molecule has 9 rings (SSSR count). The minimum absolute atomic E-state index is 0.0826. The molecule has 0 saturated carbocycles. The van der Waals surface area contributed by atoms with E-state index < -0.39 is 0 Å². The number of rotatable bonds is 2. The highest BCUT2D eigenvalue weighted by Crippen LogP contribution is 2.51. The lowest BCUT2D eigenvalue weighted by Gasteiger charge is -2.23. The van der Waals surface area contributed by atoms with Crippen LogP contribution >= 0.6 is 0 Å². The predicted octanol–water partition coefficient (Wildman–Crippen LogP) is 12.5. The molecule has 0 fully saturated rings. The molecule has 0 spiro atoms. The summed E-state index contributed by atoms with van der Waals surface area (Å²) in [7, 11) is 0. The van der Waals surface area contributed by atoms with E-state index in [1.807, 2.05) is 0 Å². The van der Waals surface area contributed by atoms with Gasteiger partial charge in [0.2, 0.25) is 0 Å². The van der Waals surface area contributed by atoms with Crippen LogP contribution in [0.1, 0.15) is 68.9 Å². The molecule has 0 amide bonds. The summed E-state index contributed by atoms with van der Waals surface area (Å²) in [5, 5.41) is 8.10. The summed E-state index contributed by atoms with van der Waals surface area (Å²) in [5.74, 6) is 0. The maximum absolute atomic E-state index is 2.48. The first kappa shape index (κ1) is 26.7. The third-order valence-electron chi connectivity index (χ3n) is 10.8. The fraction of sp³-hybridized carbons (Fsp3) is 0.200. The molecule has 0 heteroatoms. The van der Waals surface area contributed by atoms with Crippen molar-refractivity contribution in [1.29, 1.82) is 0 Å². The molecular formula is C45H38. The van der Waals surface area contributed by atoms with Gasteiger partial charge in [-0.15, -0.1) is 0 Å². The van der Waals surface area contributed by atoms with E-state index in [2.05, 4.69) is 150 Å². The first-order valence-corrected chi connectivity index (χ1v) is 16.5. The number of hydrogen-bond acceptors (Lipinski definition) is 0. The molecule has 45 heavy (non-hydrogen) atoms. The summed E-state index contributed by atoms with van der Waals surface area (Å²) in [5.41, 5.74) is 15.1. The molecule has 0 radical (unpaired) electrons. The van der Waals surface area contributed by atoms with Crippen molar-refractivity contribution in [3.63, 3.8) is 0 Å². The topological polar surface area (TPSA) is 0 Å².